The van der Waals surface area contributed by atoms with Crippen LogP contribution in [0.1, 0.15) is 22.3 Å². The van der Waals surface area contributed by atoms with Crippen molar-refractivity contribution in [2.45, 2.75) is 19.4 Å². The molecular weight excluding hydrogens is 292 g/mol. The molecule has 2 atom stereocenters. The number of carbonyl (C=O) groups is 1. The van der Waals surface area contributed by atoms with Crippen molar-refractivity contribution in [2.24, 2.45) is 5.92 Å². The number of hydrogen-bond acceptors (Lipinski definition) is 2. The van der Waals surface area contributed by atoms with Crippen molar-refractivity contribution in [3.8, 4) is 0 Å². The van der Waals surface area contributed by atoms with E-state index in [0.29, 0.717) is 12.0 Å². The van der Waals surface area contributed by atoms with Crippen molar-refractivity contribution in [2.75, 3.05) is 19.6 Å². The van der Waals surface area contributed by atoms with Crippen LogP contribution in [0.5, 0.6) is 0 Å². The van der Waals surface area contributed by atoms with E-state index in [1.54, 1.807) is 0 Å². The quantitative estimate of drug-likeness (QED) is 0.862. The molecule has 1 aromatic rings. The Morgan fingerprint density at radius 3 is 3.11 bits per heavy atom. The average Bonchev–Trinajstić information content (AvgIpc) is 2.94. The van der Waals surface area contributed by atoms with E-state index in [9.17, 15) is 4.79 Å². The number of amides is 1. The number of fused-ring (bicyclic) bond motifs is 1. The lowest BCUT2D eigenvalue weighted by Crippen LogP contribution is -2.39. The first kappa shape index (κ1) is 12.2. The van der Waals surface area contributed by atoms with Crippen LogP contribution in [0.4, 0.5) is 0 Å². The lowest BCUT2D eigenvalue weighted by molar-refractivity contribution is 0.0736. The van der Waals surface area contributed by atoms with Crippen molar-refractivity contribution in [1.29, 1.82) is 0 Å². The predicted octanol–water partition coefficient (Wildman–Crippen LogP) is 2.19. The number of carbonyl (C=O) groups excluding carboxylic acids is 1. The van der Waals surface area contributed by atoms with Crippen LogP contribution in [0.2, 0.25) is 0 Å². The van der Waals surface area contributed by atoms with Gasteiger partial charge in [-0.1, -0.05) is 22.0 Å². The van der Waals surface area contributed by atoms with Crippen LogP contribution in [-0.2, 0) is 0 Å². The van der Waals surface area contributed by atoms with Crippen molar-refractivity contribution < 1.29 is 4.79 Å². The Balaban J connectivity index is 1.88. The van der Waals surface area contributed by atoms with Gasteiger partial charge in [0.25, 0.3) is 5.91 Å². The van der Waals surface area contributed by atoms with Gasteiger partial charge in [0.1, 0.15) is 0 Å². The fourth-order valence-electron chi connectivity index (χ4n) is 3.10. The zero-order chi connectivity index (χ0) is 12.7. The van der Waals surface area contributed by atoms with E-state index < -0.39 is 0 Å². The van der Waals surface area contributed by atoms with Gasteiger partial charge in [0.05, 0.1) is 0 Å². The highest BCUT2D eigenvalue weighted by atomic mass is 79.9. The van der Waals surface area contributed by atoms with Crippen LogP contribution < -0.4 is 5.32 Å². The highest BCUT2D eigenvalue weighted by Crippen LogP contribution is 2.30. The number of halogens is 1. The summed E-state index contributed by atoms with van der Waals surface area (Å²) in [7, 11) is 0. The lowest BCUT2D eigenvalue weighted by Gasteiger charge is -2.24. The van der Waals surface area contributed by atoms with Crippen molar-refractivity contribution in [3.05, 3.63) is 33.8 Å². The number of nitrogens with zero attached hydrogens (tertiary/aromatic N) is 1. The van der Waals surface area contributed by atoms with Gasteiger partial charge in [-0.3, -0.25) is 4.79 Å². The maximum Gasteiger partial charge on any atom is 0.254 e. The Kier molecular flexibility index (Phi) is 3.16. The molecule has 2 saturated heterocycles. The monoisotopic (exact) mass is 308 g/mol. The summed E-state index contributed by atoms with van der Waals surface area (Å²) in [6.45, 7) is 4.91. The lowest BCUT2D eigenvalue weighted by atomic mass is 10.0. The molecule has 3 nitrogen and oxygen atoms in total. The third kappa shape index (κ3) is 1.88. The Hall–Kier alpha value is -0.870. The van der Waals surface area contributed by atoms with E-state index in [1.165, 1.54) is 0 Å². The maximum absolute atomic E-state index is 12.6. The van der Waals surface area contributed by atoms with Gasteiger partial charge in [-0.25, -0.2) is 0 Å². The van der Waals surface area contributed by atoms with Gasteiger partial charge in [-0.05, 0) is 37.0 Å². The third-order valence-electron chi connectivity index (χ3n) is 4.20. The smallest absolute Gasteiger partial charge is 0.254 e. The Morgan fingerprint density at radius 1 is 1.44 bits per heavy atom. The van der Waals surface area contributed by atoms with Crippen LogP contribution in [0.3, 0.4) is 0 Å². The molecule has 2 fully saturated rings. The first-order valence-electron chi connectivity index (χ1n) is 6.45. The summed E-state index contributed by atoms with van der Waals surface area (Å²) in [5.41, 5.74) is 1.87. The predicted molar refractivity (Wildman–Crippen MR) is 74.7 cm³/mol. The summed E-state index contributed by atoms with van der Waals surface area (Å²) >= 11 is 3.50. The fourth-order valence-corrected chi connectivity index (χ4v) is 3.46. The van der Waals surface area contributed by atoms with E-state index in [4.69, 9.17) is 0 Å². The van der Waals surface area contributed by atoms with E-state index in [2.05, 4.69) is 26.1 Å². The van der Waals surface area contributed by atoms with Gasteiger partial charge in [-0.15, -0.1) is 0 Å². The molecule has 18 heavy (non-hydrogen) atoms. The highest BCUT2D eigenvalue weighted by Gasteiger charge is 2.40. The van der Waals surface area contributed by atoms with Crippen molar-refractivity contribution >= 4 is 21.8 Å². The molecule has 96 valence electrons. The molecule has 2 heterocycles. The van der Waals surface area contributed by atoms with Gasteiger partial charge >= 0.3 is 0 Å². The summed E-state index contributed by atoms with van der Waals surface area (Å²) < 4.78 is 1.01. The molecule has 1 amide bonds. The van der Waals surface area contributed by atoms with Crippen molar-refractivity contribution in [1.82, 2.24) is 10.2 Å². The zero-order valence-corrected chi connectivity index (χ0v) is 12.0. The second-order valence-electron chi connectivity index (χ2n) is 5.19. The molecule has 0 radical (unpaired) electrons. The van der Waals surface area contributed by atoms with E-state index in [0.717, 1.165) is 41.7 Å². The molecule has 2 aliphatic rings. The van der Waals surface area contributed by atoms with Crippen LogP contribution in [0.15, 0.2) is 22.7 Å². The molecule has 1 N–H and O–H groups in total. The molecule has 0 aromatic heterocycles. The molecule has 1 aromatic carbocycles. The van der Waals surface area contributed by atoms with Gasteiger partial charge in [0.15, 0.2) is 0 Å². The fraction of sp³-hybridized carbons (Fsp3) is 0.500. The normalized spacial score (nSPS) is 26.4. The second kappa shape index (κ2) is 4.67. The van der Waals surface area contributed by atoms with Crippen molar-refractivity contribution in [3.63, 3.8) is 0 Å². The van der Waals surface area contributed by atoms with E-state index in [-0.39, 0.29) is 5.91 Å². The minimum Gasteiger partial charge on any atom is -0.334 e. The topological polar surface area (TPSA) is 32.3 Å². The average molecular weight is 309 g/mol. The summed E-state index contributed by atoms with van der Waals surface area (Å²) in [6, 6.07) is 6.25. The second-order valence-corrected chi connectivity index (χ2v) is 6.04. The molecule has 0 spiro atoms. The molecule has 0 saturated carbocycles. The van der Waals surface area contributed by atoms with Crippen LogP contribution in [0.25, 0.3) is 0 Å². The molecule has 0 unspecified atom stereocenters. The van der Waals surface area contributed by atoms with Gasteiger partial charge in [-0.2, -0.15) is 0 Å². The van der Waals surface area contributed by atoms with E-state index in [1.807, 2.05) is 25.1 Å². The molecule has 0 bridgehead atoms. The maximum atomic E-state index is 12.6. The van der Waals surface area contributed by atoms with Crippen LogP contribution in [0, 0.1) is 12.8 Å². The number of likely N-dealkylation sites (tertiary alicyclic amines) is 1. The molecule has 4 heteroatoms. The van der Waals surface area contributed by atoms with Crippen LogP contribution in [-0.4, -0.2) is 36.5 Å². The number of benzene rings is 1. The zero-order valence-electron chi connectivity index (χ0n) is 10.4. The summed E-state index contributed by atoms with van der Waals surface area (Å²) in [6.07, 6.45) is 1.14. The van der Waals surface area contributed by atoms with Gasteiger partial charge < -0.3 is 10.2 Å². The summed E-state index contributed by atoms with van der Waals surface area (Å²) in [5.74, 6) is 0.839. The summed E-state index contributed by atoms with van der Waals surface area (Å²) in [5, 5.41) is 3.38. The molecule has 2 aliphatic heterocycles. The van der Waals surface area contributed by atoms with Gasteiger partial charge in [0.2, 0.25) is 0 Å². The Bertz CT molecular complexity index is 489. The first-order chi connectivity index (χ1) is 8.68. The molecule has 3 rings (SSSR count). The minimum atomic E-state index is 0.185. The minimum absolute atomic E-state index is 0.185. The Labute approximate surface area is 116 Å². The standard InChI is InChI=1S/C14H17BrN2O/c1-9-11(3-2-4-12(9)15)14(18)17-6-5-10-7-16-8-13(10)17/h2-4,10,13,16H,5-8H2,1H3/t10-,13+/m0/s1. The number of nitrogens with one attached hydrogen (secondary N) is 1. The first-order valence-corrected chi connectivity index (χ1v) is 7.24. The third-order valence-corrected chi connectivity index (χ3v) is 5.06. The molecular formula is C14H17BrN2O. The highest BCUT2D eigenvalue weighted by molar-refractivity contribution is 9.10. The van der Waals surface area contributed by atoms with Crippen LogP contribution >= 0.6 is 15.9 Å². The van der Waals surface area contributed by atoms with E-state index >= 15 is 0 Å². The summed E-state index contributed by atoms with van der Waals surface area (Å²) in [4.78, 5) is 14.7. The molecule has 0 aliphatic carbocycles. The largest absolute Gasteiger partial charge is 0.334 e. The Morgan fingerprint density at radius 2 is 2.28 bits per heavy atom. The number of hydrogen-bond donors (Lipinski definition) is 1. The van der Waals surface area contributed by atoms with Gasteiger partial charge in [0, 0.05) is 35.7 Å². The SMILES string of the molecule is Cc1c(Br)cccc1C(=O)N1CC[C@H]2CNC[C@H]21. The number of rotatable bonds is 1.